The van der Waals surface area contributed by atoms with Gasteiger partial charge in [-0.3, -0.25) is 0 Å². The molecule has 20 heavy (non-hydrogen) atoms. The van der Waals surface area contributed by atoms with Crippen LogP contribution in [0.25, 0.3) is 11.0 Å². The lowest BCUT2D eigenvalue weighted by molar-refractivity contribution is 0.359. The molecule has 0 radical (unpaired) electrons. The molecule has 3 heteroatoms. The summed E-state index contributed by atoms with van der Waals surface area (Å²) < 4.78 is 2.42. The average Bonchev–Trinajstić information content (AvgIpc) is 3.17. The number of imidazole rings is 1. The van der Waals surface area contributed by atoms with E-state index < -0.39 is 0 Å². The molecule has 0 N–H and O–H groups in total. The first-order valence-corrected chi connectivity index (χ1v) is 8.13. The minimum atomic E-state index is 0.673. The highest BCUT2D eigenvalue weighted by atomic mass is 15.1. The summed E-state index contributed by atoms with van der Waals surface area (Å²) in [6, 6.07) is 7.52. The van der Waals surface area contributed by atoms with Gasteiger partial charge in [0.15, 0.2) is 0 Å². The van der Waals surface area contributed by atoms with Gasteiger partial charge in [-0.05, 0) is 43.9 Å². The van der Waals surface area contributed by atoms with Crippen LogP contribution in [-0.2, 0) is 0 Å². The number of rotatable bonds is 2. The monoisotopic (exact) mass is 269 g/mol. The summed E-state index contributed by atoms with van der Waals surface area (Å²) in [5.41, 5.74) is 3.84. The highest BCUT2D eigenvalue weighted by Gasteiger charge is 2.18. The van der Waals surface area contributed by atoms with E-state index >= 15 is 0 Å². The lowest BCUT2D eigenvalue weighted by atomic mass is 9.95. The highest BCUT2D eigenvalue weighted by molar-refractivity contribution is 5.80. The molecule has 0 spiro atoms. The van der Waals surface area contributed by atoms with Gasteiger partial charge >= 0.3 is 0 Å². The van der Waals surface area contributed by atoms with E-state index in [9.17, 15) is 0 Å². The molecule has 1 aromatic carbocycles. The predicted octanol–water partition coefficient (Wildman–Crippen LogP) is 4.14. The number of nitrogens with zero attached hydrogens (tertiary/aromatic N) is 3. The largest absolute Gasteiger partial charge is 0.371 e. The Kier molecular flexibility index (Phi) is 3.13. The van der Waals surface area contributed by atoms with Crippen molar-refractivity contribution in [2.75, 3.05) is 18.0 Å². The van der Waals surface area contributed by atoms with Crippen molar-refractivity contribution < 1.29 is 0 Å². The third-order valence-corrected chi connectivity index (χ3v) is 5.00. The molecule has 1 saturated carbocycles. The van der Waals surface area contributed by atoms with Crippen LogP contribution in [0, 0.1) is 0 Å². The fourth-order valence-electron chi connectivity index (χ4n) is 3.84. The van der Waals surface area contributed by atoms with Gasteiger partial charge in [0.2, 0.25) is 0 Å². The van der Waals surface area contributed by atoms with Gasteiger partial charge in [0.1, 0.15) is 0 Å². The summed E-state index contributed by atoms with van der Waals surface area (Å²) in [5.74, 6) is 0. The summed E-state index contributed by atoms with van der Waals surface area (Å²) >= 11 is 0. The molecule has 4 rings (SSSR count). The zero-order chi connectivity index (χ0) is 13.4. The van der Waals surface area contributed by atoms with Crippen LogP contribution in [0.15, 0.2) is 24.5 Å². The van der Waals surface area contributed by atoms with Crippen molar-refractivity contribution in [2.45, 2.75) is 51.0 Å². The quantitative estimate of drug-likeness (QED) is 0.817. The Morgan fingerprint density at radius 2 is 1.75 bits per heavy atom. The molecule has 0 bridgehead atoms. The van der Waals surface area contributed by atoms with Crippen LogP contribution < -0.4 is 4.90 Å². The SMILES string of the molecule is c1cc2c(cc1N1CCCC1)ncn2C1CCCCC1. The summed E-state index contributed by atoms with van der Waals surface area (Å²) in [6.45, 7) is 2.41. The molecule has 0 atom stereocenters. The van der Waals surface area contributed by atoms with E-state index in [1.165, 1.54) is 74.8 Å². The predicted molar refractivity (Wildman–Crippen MR) is 83.3 cm³/mol. The van der Waals surface area contributed by atoms with Crippen LogP contribution in [0.2, 0.25) is 0 Å². The van der Waals surface area contributed by atoms with Crippen molar-refractivity contribution in [3.8, 4) is 0 Å². The van der Waals surface area contributed by atoms with Gasteiger partial charge in [0.05, 0.1) is 17.4 Å². The first-order chi connectivity index (χ1) is 9.92. The zero-order valence-electron chi connectivity index (χ0n) is 12.1. The minimum absolute atomic E-state index is 0.673. The average molecular weight is 269 g/mol. The number of hydrogen-bond acceptors (Lipinski definition) is 2. The van der Waals surface area contributed by atoms with E-state index in [4.69, 9.17) is 0 Å². The van der Waals surface area contributed by atoms with Gasteiger partial charge in [-0.15, -0.1) is 0 Å². The van der Waals surface area contributed by atoms with Gasteiger partial charge in [0, 0.05) is 24.8 Å². The Hall–Kier alpha value is -1.51. The molecule has 1 aliphatic carbocycles. The number of hydrogen-bond donors (Lipinski definition) is 0. The Morgan fingerprint density at radius 1 is 0.950 bits per heavy atom. The number of benzene rings is 1. The second-order valence-corrected chi connectivity index (χ2v) is 6.31. The van der Waals surface area contributed by atoms with Crippen molar-refractivity contribution in [2.24, 2.45) is 0 Å². The van der Waals surface area contributed by atoms with E-state index in [0.717, 1.165) is 0 Å². The molecule has 1 aliphatic heterocycles. The highest BCUT2D eigenvalue weighted by Crippen LogP contribution is 2.32. The maximum absolute atomic E-state index is 4.66. The van der Waals surface area contributed by atoms with Crippen LogP contribution >= 0.6 is 0 Å². The summed E-state index contributed by atoms with van der Waals surface area (Å²) in [6.07, 6.45) is 11.5. The van der Waals surface area contributed by atoms with E-state index in [0.29, 0.717) is 6.04 Å². The summed E-state index contributed by atoms with van der Waals surface area (Å²) in [5, 5.41) is 0. The van der Waals surface area contributed by atoms with Crippen LogP contribution in [0.5, 0.6) is 0 Å². The molecular formula is C17H23N3. The molecule has 106 valence electrons. The molecule has 2 aliphatic rings. The number of aromatic nitrogens is 2. The fraction of sp³-hybridized carbons (Fsp3) is 0.588. The molecule has 2 aromatic rings. The molecule has 2 fully saturated rings. The molecule has 0 unspecified atom stereocenters. The standard InChI is InChI=1S/C17H23N3/c1-2-6-14(7-3-1)20-13-18-16-12-15(8-9-17(16)20)19-10-4-5-11-19/h8-9,12-14H,1-7,10-11H2. The van der Waals surface area contributed by atoms with Crippen molar-refractivity contribution in [3.63, 3.8) is 0 Å². The molecular weight excluding hydrogens is 246 g/mol. The van der Waals surface area contributed by atoms with Gasteiger partial charge in [-0.25, -0.2) is 4.98 Å². The third kappa shape index (κ3) is 2.09. The molecule has 2 heterocycles. The Labute approximate surface area is 120 Å². The summed E-state index contributed by atoms with van der Waals surface area (Å²) in [4.78, 5) is 7.15. The van der Waals surface area contributed by atoms with E-state index in [-0.39, 0.29) is 0 Å². The van der Waals surface area contributed by atoms with Crippen LogP contribution in [0.3, 0.4) is 0 Å². The lowest BCUT2D eigenvalue weighted by Crippen LogP contribution is -2.17. The van der Waals surface area contributed by atoms with Crippen LogP contribution in [0.4, 0.5) is 5.69 Å². The molecule has 1 saturated heterocycles. The topological polar surface area (TPSA) is 21.1 Å². The fourth-order valence-corrected chi connectivity index (χ4v) is 3.84. The van der Waals surface area contributed by atoms with Crippen molar-refractivity contribution in [1.82, 2.24) is 9.55 Å². The van der Waals surface area contributed by atoms with Crippen LogP contribution in [-0.4, -0.2) is 22.6 Å². The second-order valence-electron chi connectivity index (χ2n) is 6.31. The minimum Gasteiger partial charge on any atom is -0.371 e. The third-order valence-electron chi connectivity index (χ3n) is 5.00. The van der Waals surface area contributed by atoms with Crippen molar-refractivity contribution in [3.05, 3.63) is 24.5 Å². The van der Waals surface area contributed by atoms with Gasteiger partial charge in [-0.1, -0.05) is 19.3 Å². The Balaban J connectivity index is 1.67. The number of fused-ring (bicyclic) bond motifs is 1. The second kappa shape index (κ2) is 5.12. The Morgan fingerprint density at radius 3 is 2.55 bits per heavy atom. The van der Waals surface area contributed by atoms with E-state index in [1.54, 1.807) is 0 Å². The zero-order valence-corrected chi connectivity index (χ0v) is 12.1. The first-order valence-electron chi connectivity index (χ1n) is 8.13. The van der Waals surface area contributed by atoms with E-state index in [2.05, 4.69) is 39.0 Å². The normalized spacial score (nSPS) is 20.9. The number of anilines is 1. The first kappa shape index (κ1) is 12.2. The van der Waals surface area contributed by atoms with Crippen molar-refractivity contribution >= 4 is 16.7 Å². The molecule has 3 nitrogen and oxygen atoms in total. The maximum atomic E-state index is 4.66. The molecule has 1 aromatic heterocycles. The van der Waals surface area contributed by atoms with Gasteiger partial charge in [0.25, 0.3) is 0 Å². The lowest BCUT2D eigenvalue weighted by Gasteiger charge is -2.24. The van der Waals surface area contributed by atoms with E-state index in [1.807, 2.05) is 0 Å². The maximum Gasteiger partial charge on any atom is 0.0960 e. The van der Waals surface area contributed by atoms with Crippen LogP contribution in [0.1, 0.15) is 51.0 Å². The van der Waals surface area contributed by atoms with Gasteiger partial charge in [-0.2, -0.15) is 0 Å². The summed E-state index contributed by atoms with van der Waals surface area (Å²) in [7, 11) is 0. The Bertz CT molecular complexity index is 589. The van der Waals surface area contributed by atoms with Crippen molar-refractivity contribution in [1.29, 1.82) is 0 Å². The molecule has 0 amide bonds. The van der Waals surface area contributed by atoms with Gasteiger partial charge < -0.3 is 9.47 Å². The smallest absolute Gasteiger partial charge is 0.0960 e.